The number of rotatable bonds is 5. The van der Waals surface area contributed by atoms with Gasteiger partial charge in [-0.25, -0.2) is 4.79 Å². The Labute approximate surface area is 139 Å². The van der Waals surface area contributed by atoms with E-state index >= 15 is 0 Å². The number of H-pyrrole nitrogens is 1. The number of hydrogen-bond acceptors (Lipinski definition) is 3. The molecule has 0 aromatic carbocycles. The summed E-state index contributed by atoms with van der Waals surface area (Å²) in [6.07, 6.45) is 4.97. The number of nitrogens with zero attached hydrogens (tertiary/aromatic N) is 1. The number of hydrogen-bond donors (Lipinski definition) is 1. The van der Waals surface area contributed by atoms with Gasteiger partial charge in [0.25, 0.3) is 0 Å². The summed E-state index contributed by atoms with van der Waals surface area (Å²) in [6.45, 7) is 10.1. The van der Waals surface area contributed by atoms with Crippen molar-refractivity contribution in [2.24, 2.45) is 5.92 Å². The highest BCUT2D eigenvalue weighted by Gasteiger charge is 2.27. The molecule has 0 bridgehead atoms. The van der Waals surface area contributed by atoms with E-state index in [1.807, 2.05) is 44.0 Å². The summed E-state index contributed by atoms with van der Waals surface area (Å²) in [6, 6.07) is 4.02. The van der Waals surface area contributed by atoms with Gasteiger partial charge in [-0.1, -0.05) is 0 Å². The van der Waals surface area contributed by atoms with Crippen molar-refractivity contribution in [2.75, 3.05) is 19.7 Å². The minimum absolute atomic E-state index is 0.0792. The molecule has 5 heteroatoms. The van der Waals surface area contributed by atoms with Crippen LogP contribution in [0.15, 0.2) is 18.3 Å². The molecule has 1 fully saturated rings. The minimum Gasteiger partial charge on any atom is -0.444 e. The van der Waals surface area contributed by atoms with Crippen LogP contribution in [0.25, 0.3) is 0 Å². The number of likely N-dealkylation sites (tertiary alicyclic amines) is 1. The van der Waals surface area contributed by atoms with Crippen LogP contribution >= 0.6 is 0 Å². The molecule has 0 radical (unpaired) electrons. The predicted octanol–water partition coefficient (Wildman–Crippen LogP) is 4.13. The van der Waals surface area contributed by atoms with Crippen LogP contribution < -0.4 is 0 Å². The van der Waals surface area contributed by atoms with Gasteiger partial charge in [-0.05, 0) is 65.0 Å². The van der Waals surface area contributed by atoms with Gasteiger partial charge >= 0.3 is 6.09 Å². The summed E-state index contributed by atoms with van der Waals surface area (Å²) in [5, 5.41) is 0. The molecule has 1 amide bonds. The number of carbonyl (C=O) groups excluding carboxylic acids is 1. The van der Waals surface area contributed by atoms with Crippen LogP contribution in [0.5, 0.6) is 0 Å². The van der Waals surface area contributed by atoms with Crippen LogP contribution in [-0.2, 0) is 9.47 Å². The van der Waals surface area contributed by atoms with Crippen molar-refractivity contribution in [1.29, 1.82) is 0 Å². The lowest BCUT2D eigenvalue weighted by atomic mass is 9.95. The number of piperidine rings is 1. The Morgan fingerprint density at radius 3 is 2.91 bits per heavy atom. The molecule has 1 aromatic heterocycles. The van der Waals surface area contributed by atoms with Crippen LogP contribution in [-0.4, -0.2) is 41.3 Å². The normalized spacial score (nSPS) is 20.3. The first-order valence-corrected chi connectivity index (χ1v) is 8.58. The SMILES string of the molecule is C[C@H](OCC[C@H]1CCCN(C(=O)OC(C)(C)C)C1)c1ccc[nH]1. The molecule has 0 unspecified atom stereocenters. The molecular formula is C18H30N2O3. The summed E-state index contributed by atoms with van der Waals surface area (Å²) in [5.41, 5.74) is 0.669. The second kappa shape index (κ2) is 7.86. The Morgan fingerprint density at radius 2 is 2.26 bits per heavy atom. The molecule has 2 atom stereocenters. The number of nitrogens with one attached hydrogen (secondary N) is 1. The molecule has 2 heterocycles. The van der Waals surface area contributed by atoms with Crippen molar-refractivity contribution < 1.29 is 14.3 Å². The quantitative estimate of drug-likeness (QED) is 0.887. The maximum Gasteiger partial charge on any atom is 0.410 e. The number of carbonyl (C=O) groups is 1. The van der Waals surface area contributed by atoms with E-state index in [1.54, 1.807) is 0 Å². The highest BCUT2D eigenvalue weighted by Crippen LogP contribution is 2.23. The fourth-order valence-corrected chi connectivity index (χ4v) is 2.89. The molecule has 1 aliphatic heterocycles. The molecule has 1 saturated heterocycles. The average Bonchev–Trinajstić information content (AvgIpc) is 3.00. The van der Waals surface area contributed by atoms with Gasteiger partial charge in [0.2, 0.25) is 0 Å². The third kappa shape index (κ3) is 5.90. The van der Waals surface area contributed by atoms with Crippen molar-refractivity contribution >= 4 is 6.09 Å². The molecular weight excluding hydrogens is 292 g/mol. The van der Waals surface area contributed by atoms with E-state index < -0.39 is 5.60 Å². The summed E-state index contributed by atoms with van der Waals surface area (Å²) in [7, 11) is 0. The maximum absolute atomic E-state index is 12.2. The van der Waals surface area contributed by atoms with Crippen molar-refractivity contribution in [3.8, 4) is 0 Å². The molecule has 1 aromatic rings. The van der Waals surface area contributed by atoms with Crippen LogP contribution in [0.3, 0.4) is 0 Å². The fourth-order valence-electron chi connectivity index (χ4n) is 2.89. The van der Waals surface area contributed by atoms with E-state index in [1.165, 1.54) is 0 Å². The Hall–Kier alpha value is -1.49. The number of amides is 1. The van der Waals surface area contributed by atoms with Gasteiger partial charge < -0.3 is 19.4 Å². The van der Waals surface area contributed by atoms with E-state index in [0.29, 0.717) is 12.5 Å². The fraction of sp³-hybridized carbons (Fsp3) is 0.722. The molecule has 2 rings (SSSR count). The first kappa shape index (κ1) is 17.9. The monoisotopic (exact) mass is 322 g/mol. The van der Waals surface area contributed by atoms with Gasteiger partial charge in [-0.15, -0.1) is 0 Å². The van der Waals surface area contributed by atoms with Crippen LogP contribution in [0.4, 0.5) is 4.79 Å². The zero-order chi connectivity index (χ0) is 16.9. The lowest BCUT2D eigenvalue weighted by Crippen LogP contribution is -2.43. The summed E-state index contributed by atoms with van der Waals surface area (Å²) in [4.78, 5) is 17.2. The zero-order valence-electron chi connectivity index (χ0n) is 14.8. The Kier molecular flexibility index (Phi) is 6.10. The summed E-state index contributed by atoms with van der Waals surface area (Å²) in [5.74, 6) is 0.493. The molecule has 5 nitrogen and oxygen atoms in total. The average molecular weight is 322 g/mol. The first-order valence-electron chi connectivity index (χ1n) is 8.58. The standard InChI is InChI=1S/C18H30N2O3/c1-14(16-8-5-10-19-16)22-12-9-15-7-6-11-20(13-15)17(21)23-18(2,3)4/h5,8,10,14-15,19H,6-7,9,11-13H2,1-4H3/t14-,15+/m0/s1. The van der Waals surface area contributed by atoms with E-state index in [9.17, 15) is 4.79 Å². The molecule has 23 heavy (non-hydrogen) atoms. The van der Waals surface area contributed by atoms with Crippen molar-refractivity contribution in [2.45, 2.75) is 58.7 Å². The van der Waals surface area contributed by atoms with Crippen LogP contribution in [0.2, 0.25) is 0 Å². The summed E-state index contributed by atoms with van der Waals surface area (Å²) < 4.78 is 11.4. The van der Waals surface area contributed by atoms with E-state index in [2.05, 4.69) is 11.9 Å². The second-order valence-corrected chi connectivity index (χ2v) is 7.36. The highest BCUT2D eigenvalue weighted by atomic mass is 16.6. The third-order valence-corrected chi connectivity index (χ3v) is 4.12. The van der Waals surface area contributed by atoms with E-state index in [-0.39, 0.29) is 12.2 Å². The van der Waals surface area contributed by atoms with E-state index in [4.69, 9.17) is 9.47 Å². The number of ether oxygens (including phenoxy) is 2. The number of aromatic amines is 1. The molecule has 130 valence electrons. The summed E-state index contributed by atoms with van der Waals surface area (Å²) >= 11 is 0. The Balaban J connectivity index is 1.72. The first-order chi connectivity index (χ1) is 10.8. The Bertz CT molecular complexity index is 479. The lowest BCUT2D eigenvalue weighted by molar-refractivity contribution is 0.0104. The molecule has 0 spiro atoms. The molecule has 0 aliphatic carbocycles. The van der Waals surface area contributed by atoms with Crippen molar-refractivity contribution in [3.05, 3.63) is 24.0 Å². The van der Waals surface area contributed by atoms with Gasteiger partial charge in [0.05, 0.1) is 6.10 Å². The largest absolute Gasteiger partial charge is 0.444 e. The minimum atomic E-state index is -0.432. The number of aromatic nitrogens is 1. The van der Waals surface area contributed by atoms with Crippen molar-refractivity contribution in [3.63, 3.8) is 0 Å². The van der Waals surface area contributed by atoms with Gasteiger partial charge in [0.15, 0.2) is 0 Å². The van der Waals surface area contributed by atoms with Gasteiger partial charge in [0, 0.05) is 31.6 Å². The topological polar surface area (TPSA) is 54.6 Å². The predicted molar refractivity (Wildman–Crippen MR) is 90.3 cm³/mol. The molecule has 0 saturated carbocycles. The molecule has 1 aliphatic rings. The zero-order valence-corrected chi connectivity index (χ0v) is 14.8. The van der Waals surface area contributed by atoms with Gasteiger partial charge in [-0.3, -0.25) is 0 Å². The maximum atomic E-state index is 12.2. The van der Waals surface area contributed by atoms with Crippen LogP contribution in [0, 0.1) is 5.92 Å². The smallest absolute Gasteiger partial charge is 0.410 e. The Morgan fingerprint density at radius 1 is 1.48 bits per heavy atom. The van der Waals surface area contributed by atoms with Gasteiger partial charge in [-0.2, -0.15) is 0 Å². The highest BCUT2D eigenvalue weighted by molar-refractivity contribution is 5.68. The van der Waals surface area contributed by atoms with Gasteiger partial charge in [0.1, 0.15) is 5.60 Å². The second-order valence-electron chi connectivity index (χ2n) is 7.36. The molecule has 1 N–H and O–H groups in total. The van der Waals surface area contributed by atoms with E-state index in [0.717, 1.165) is 38.0 Å². The lowest BCUT2D eigenvalue weighted by Gasteiger charge is -2.34. The third-order valence-electron chi connectivity index (χ3n) is 4.12. The van der Waals surface area contributed by atoms with Crippen molar-refractivity contribution in [1.82, 2.24) is 9.88 Å². The van der Waals surface area contributed by atoms with Crippen LogP contribution in [0.1, 0.15) is 58.8 Å².